The number of halogens is 1. The molecule has 0 atom stereocenters. The van der Waals surface area contributed by atoms with E-state index >= 15 is 0 Å². The third kappa shape index (κ3) is 7.81. The van der Waals surface area contributed by atoms with Crippen molar-refractivity contribution in [2.24, 2.45) is 0 Å². The molecule has 2 N–H and O–H groups in total. The second kappa shape index (κ2) is 8.90. The summed E-state index contributed by atoms with van der Waals surface area (Å²) in [6.45, 7) is 0.214. The van der Waals surface area contributed by atoms with E-state index in [2.05, 4.69) is 52.2 Å². The molecule has 0 saturated carbocycles. The molecular weight excluding hydrogens is 357 g/mol. The van der Waals surface area contributed by atoms with Crippen LogP contribution in [0.1, 0.15) is 31.2 Å². The molecule has 0 aromatic heterocycles. The van der Waals surface area contributed by atoms with Gasteiger partial charge in [-0.1, -0.05) is 12.1 Å². The maximum Gasteiger partial charge on any atom is 0.305 e. The maximum atomic E-state index is 11.4. The Kier molecular flexibility index (Phi) is 7.47. The molecule has 0 unspecified atom stereocenters. The molecule has 0 aliphatic carbocycles. The Balaban J connectivity index is 2.08. The zero-order valence-electron chi connectivity index (χ0n) is 10.7. The van der Waals surface area contributed by atoms with Crippen LogP contribution in [0, 0.1) is 3.57 Å². The number of unbranched alkanes of at least 4 members (excludes halogenated alkanes) is 1. The van der Waals surface area contributed by atoms with Crippen LogP contribution in [0.15, 0.2) is 24.3 Å². The van der Waals surface area contributed by atoms with Crippen LogP contribution in [0.4, 0.5) is 0 Å². The molecule has 0 aliphatic heterocycles. The number of amides is 1. The van der Waals surface area contributed by atoms with Gasteiger partial charge in [-0.2, -0.15) is 0 Å². The second-order valence-corrected chi connectivity index (χ2v) is 5.57. The number of carbonyl (C=O) groups excluding carboxylic acids is 1. The van der Waals surface area contributed by atoms with Crippen LogP contribution in [-0.2, 0) is 16.0 Å². The van der Waals surface area contributed by atoms with Crippen molar-refractivity contribution in [3.63, 3.8) is 0 Å². The van der Waals surface area contributed by atoms with Gasteiger partial charge in [-0.15, -0.1) is 0 Å². The number of carboxylic acids is 1. The minimum atomic E-state index is -0.890. The summed E-state index contributed by atoms with van der Waals surface area (Å²) in [5, 5.41) is 11.0. The Morgan fingerprint density at radius 2 is 1.79 bits per heavy atom. The van der Waals surface area contributed by atoms with Crippen molar-refractivity contribution in [3.05, 3.63) is 33.4 Å². The summed E-state index contributed by atoms with van der Waals surface area (Å²) in [6.07, 6.45) is 3.20. The normalized spacial score (nSPS) is 10.2. The fraction of sp³-hybridized carbons (Fsp3) is 0.429. The Bertz CT molecular complexity index is 417. The molecule has 0 aliphatic rings. The first-order chi connectivity index (χ1) is 9.08. The van der Waals surface area contributed by atoms with Gasteiger partial charge >= 0.3 is 5.97 Å². The van der Waals surface area contributed by atoms with Crippen LogP contribution in [0.3, 0.4) is 0 Å². The third-order valence-corrected chi connectivity index (χ3v) is 3.41. The van der Waals surface area contributed by atoms with Gasteiger partial charge in [0.15, 0.2) is 0 Å². The number of rotatable bonds is 8. The van der Waals surface area contributed by atoms with Gasteiger partial charge in [0, 0.05) is 16.5 Å². The minimum Gasteiger partial charge on any atom is -0.481 e. The monoisotopic (exact) mass is 375 g/mol. The van der Waals surface area contributed by atoms with E-state index in [4.69, 9.17) is 5.11 Å². The number of carboxylic acid groups (broad SMARTS) is 1. The SMILES string of the molecule is O=C(O)CCNC(=O)CCCCc1ccc(I)cc1. The predicted octanol–water partition coefficient (Wildman–Crippen LogP) is 2.59. The highest BCUT2D eigenvalue weighted by Gasteiger charge is 2.02. The van der Waals surface area contributed by atoms with Crippen molar-refractivity contribution < 1.29 is 14.7 Å². The molecule has 0 radical (unpaired) electrons. The van der Waals surface area contributed by atoms with E-state index < -0.39 is 5.97 Å². The lowest BCUT2D eigenvalue weighted by molar-refractivity contribution is -0.136. The quantitative estimate of drug-likeness (QED) is 0.542. The summed E-state index contributed by atoms with van der Waals surface area (Å²) in [5.74, 6) is -0.956. The molecule has 19 heavy (non-hydrogen) atoms. The van der Waals surface area contributed by atoms with Crippen LogP contribution < -0.4 is 5.32 Å². The topological polar surface area (TPSA) is 66.4 Å². The van der Waals surface area contributed by atoms with Gasteiger partial charge < -0.3 is 10.4 Å². The molecule has 4 nitrogen and oxygen atoms in total. The fourth-order valence-electron chi connectivity index (χ4n) is 1.66. The summed E-state index contributed by atoms with van der Waals surface area (Å²) >= 11 is 2.27. The second-order valence-electron chi connectivity index (χ2n) is 4.33. The first-order valence-electron chi connectivity index (χ1n) is 6.31. The molecule has 0 bridgehead atoms. The van der Waals surface area contributed by atoms with E-state index in [0.29, 0.717) is 6.42 Å². The number of benzene rings is 1. The zero-order chi connectivity index (χ0) is 14.1. The Hall–Kier alpha value is -1.11. The third-order valence-electron chi connectivity index (χ3n) is 2.69. The number of aryl methyl sites for hydroxylation is 1. The predicted molar refractivity (Wildman–Crippen MR) is 82.0 cm³/mol. The van der Waals surface area contributed by atoms with Crippen molar-refractivity contribution in [2.75, 3.05) is 6.54 Å². The smallest absolute Gasteiger partial charge is 0.305 e. The molecule has 1 amide bonds. The highest BCUT2D eigenvalue weighted by atomic mass is 127. The van der Waals surface area contributed by atoms with Gasteiger partial charge in [0.25, 0.3) is 0 Å². The summed E-state index contributed by atoms with van der Waals surface area (Å²) in [6, 6.07) is 8.37. The zero-order valence-corrected chi connectivity index (χ0v) is 12.9. The van der Waals surface area contributed by atoms with E-state index in [1.807, 2.05) is 0 Å². The fourth-order valence-corrected chi connectivity index (χ4v) is 2.02. The molecule has 1 aromatic rings. The van der Waals surface area contributed by atoms with E-state index in [1.165, 1.54) is 9.13 Å². The van der Waals surface area contributed by atoms with Crippen molar-refractivity contribution in [1.82, 2.24) is 5.32 Å². The van der Waals surface area contributed by atoms with Gasteiger partial charge in [0.2, 0.25) is 5.91 Å². The molecular formula is C14H18INO3. The van der Waals surface area contributed by atoms with Crippen LogP contribution in [0.2, 0.25) is 0 Å². The van der Waals surface area contributed by atoms with Gasteiger partial charge in [-0.3, -0.25) is 9.59 Å². The average Bonchev–Trinajstić information content (AvgIpc) is 2.36. The van der Waals surface area contributed by atoms with Crippen LogP contribution >= 0.6 is 22.6 Å². The van der Waals surface area contributed by atoms with Crippen LogP contribution in [0.25, 0.3) is 0 Å². The van der Waals surface area contributed by atoms with E-state index in [1.54, 1.807) is 0 Å². The number of nitrogens with one attached hydrogen (secondary N) is 1. The van der Waals surface area contributed by atoms with Gasteiger partial charge in [-0.05, 0) is 59.5 Å². The van der Waals surface area contributed by atoms with Crippen molar-refractivity contribution in [1.29, 1.82) is 0 Å². The van der Waals surface area contributed by atoms with E-state index in [9.17, 15) is 9.59 Å². The number of hydrogen-bond donors (Lipinski definition) is 2. The molecule has 104 valence electrons. The lowest BCUT2D eigenvalue weighted by Gasteiger charge is -2.04. The summed E-state index contributed by atoms with van der Waals surface area (Å²) in [5.41, 5.74) is 1.28. The van der Waals surface area contributed by atoms with Crippen molar-refractivity contribution in [3.8, 4) is 0 Å². The van der Waals surface area contributed by atoms with Gasteiger partial charge in [-0.25, -0.2) is 0 Å². The first-order valence-corrected chi connectivity index (χ1v) is 7.39. The van der Waals surface area contributed by atoms with E-state index in [-0.39, 0.29) is 18.9 Å². The lowest BCUT2D eigenvalue weighted by Crippen LogP contribution is -2.25. The Labute approximate surface area is 126 Å². The molecule has 0 saturated heterocycles. The largest absolute Gasteiger partial charge is 0.481 e. The Morgan fingerprint density at radius 3 is 2.42 bits per heavy atom. The first kappa shape index (κ1) is 15.9. The van der Waals surface area contributed by atoms with Crippen molar-refractivity contribution in [2.45, 2.75) is 32.1 Å². The molecule has 1 aromatic carbocycles. The maximum absolute atomic E-state index is 11.4. The highest BCUT2D eigenvalue weighted by Crippen LogP contribution is 2.10. The molecule has 1 rings (SSSR count). The summed E-state index contributed by atoms with van der Waals surface area (Å²) in [4.78, 5) is 21.6. The van der Waals surface area contributed by atoms with Crippen LogP contribution in [0.5, 0.6) is 0 Å². The summed E-state index contributed by atoms with van der Waals surface area (Å²) < 4.78 is 1.22. The molecule has 0 heterocycles. The standard InChI is InChI=1S/C14H18INO3/c15-12-7-5-11(6-8-12)3-1-2-4-13(17)16-10-9-14(18)19/h5-8H,1-4,9-10H2,(H,16,17)(H,18,19). The molecule has 0 fully saturated rings. The lowest BCUT2D eigenvalue weighted by atomic mass is 10.1. The van der Waals surface area contributed by atoms with Crippen molar-refractivity contribution >= 4 is 34.5 Å². The summed E-state index contributed by atoms with van der Waals surface area (Å²) in [7, 11) is 0. The minimum absolute atomic E-state index is 0.0195. The highest BCUT2D eigenvalue weighted by molar-refractivity contribution is 14.1. The number of hydrogen-bond acceptors (Lipinski definition) is 2. The van der Waals surface area contributed by atoms with Crippen LogP contribution in [-0.4, -0.2) is 23.5 Å². The number of aliphatic carboxylic acids is 1. The molecule has 5 heteroatoms. The van der Waals surface area contributed by atoms with Gasteiger partial charge in [0.05, 0.1) is 6.42 Å². The van der Waals surface area contributed by atoms with Gasteiger partial charge in [0.1, 0.15) is 0 Å². The molecule has 0 spiro atoms. The Morgan fingerprint density at radius 1 is 1.11 bits per heavy atom. The number of carbonyl (C=O) groups is 2. The van der Waals surface area contributed by atoms with E-state index in [0.717, 1.165) is 19.3 Å². The average molecular weight is 375 g/mol.